The van der Waals surface area contributed by atoms with E-state index in [9.17, 15) is 0 Å². The summed E-state index contributed by atoms with van der Waals surface area (Å²) >= 11 is 0. The van der Waals surface area contributed by atoms with Crippen LogP contribution in [0.3, 0.4) is 0 Å². The fourth-order valence-corrected chi connectivity index (χ4v) is 1.44. The van der Waals surface area contributed by atoms with E-state index in [1.54, 1.807) is 26.7 Å². The maximum absolute atomic E-state index is 5.41. The van der Waals surface area contributed by atoms with Crippen molar-refractivity contribution >= 4 is 0 Å². The summed E-state index contributed by atoms with van der Waals surface area (Å²) in [5.41, 5.74) is 2.34. The van der Waals surface area contributed by atoms with Gasteiger partial charge in [-0.3, -0.25) is 0 Å². The summed E-state index contributed by atoms with van der Waals surface area (Å²) < 4.78 is 15.8. The van der Waals surface area contributed by atoms with Crippen LogP contribution in [0.25, 0.3) is 0 Å². The zero-order valence-electron chi connectivity index (χ0n) is 11.9. The van der Waals surface area contributed by atoms with Gasteiger partial charge in [0.15, 0.2) is 0 Å². The van der Waals surface area contributed by atoms with Gasteiger partial charge < -0.3 is 14.2 Å². The molecule has 0 amide bonds. The molecule has 0 bridgehead atoms. The lowest BCUT2D eigenvalue weighted by molar-refractivity contribution is 0.117. The third kappa shape index (κ3) is 8.95. The molecule has 0 fully saturated rings. The molecule has 0 aliphatic carbocycles. The molecule has 0 aliphatic heterocycles. The largest absolute Gasteiger partial charge is 0.473 e. The van der Waals surface area contributed by atoms with E-state index in [1.165, 1.54) is 11.1 Å². The maximum atomic E-state index is 5.41. The van der Waals surface area contributed by atoms with Gasteiger partial charge in [0.05, 0.1) is 24.7 Å². The molecule has 0 aromatic carbocycles. The minimum Gasteiger partial charge on any atom is -0.473 e. The van der Waals surface area contributed by atoms with Crippen molar-refractivity contribution in [2.24, 2.45) is 0 Å². The summed E-state index contributed by atoms with van der Waals surface area (Å²) in [7, 11) is 3.43. The summed E-state index contributed by atoms with van der Waals surface area (Å²) in [5, 5.41) is 0. The van der Waals surface area contributed by atoms with E-state index < -0.39 is 0 Å². The lowest BCUT2D eigenvalue weighted by Gasteiger charge is -2.10. The Morgan fingerprint density at radius 2 is 1.24 bits per heavy atom. The van der Waals surface area contributed by atoms with E-state index in [2.05, 4.69) is 0 Å². The van der Waals surface area contributed by atoms with E-state index in [0.29, 0.717) is 0 Å². The zero-order valence-corrected chi connectivity index (χ0v) is 11.9. The van der Waals surface area contributed by atoms with Crippen molar-refractivity contribution in [2.45, 2.75) is 52.7 Å². The number of hydrogen-bond donors (Lipinski definition) is 0. The van der Waals surface area contributed by atoms with Gasteiger partial charge in [-0.2, -0.15) is 0 Å². The van der Waals surface area contributed by atoms with E-state index in [1.807, 2.05) is 27.7 Å². The smallest absolute Gasteiger partial charge is 0.0891 e. The van der Waals surface area contributed by atoms with Gasteiger partial charge in [-0.15, -0.1) is 0 Å². The molecule has 0 spiro atoms. The maximum Gasteiger partial charge on any atom is 0.0891 e. The van der Waals surface area contributed by atoms with Gasteiger partial charge in [0, 0.05) is 14.2 Å². The molecule has 0 aromatic heterocycles. The molecular formula is C14H26O3. The van der Waals surface area contributed by atoms with Crippen LogP contribution in [0, 0.1) is 0 Å². The first-order valence-corrected chi connectivity index (χ1v) is 6.01. The van der Waals surface area contributed by atoms with E-state index in [-0.39, 0.29) is 12.2 Å². The predicted octanol–water partition coefficient (Wildman–Crippen LogP) is 3.66. The van der Waals surface area contributed by atoms with Crippen LogP contribution in [-0.2, 0) is 14.2 Å². The van der Waals surface area contributed by atoms with Gasteiger partial charge in [-0.05, 0) is 51.7 Å². The first-order valence-electron chi connectivity index (χ1n) is 6.01. The van der Waals surface area contributed by atoms with Crippen LogP contribution >= 0.6 is 0 Å². The fourth-order valence-electron chi connectivity index (χ4n) is 1.44. The van der Waals surface area contributed by atoms with Crippen molar-refractivity contribution in [1.82, 2.24) is 0 Å². The number of methoxy groups -OCH3 is 2. The summed E-state index contributed by atoms with van der Waals surface area (Å²) in [6.07, 6.45) is 5.78. The van der Waals surface area contributed by atoms with Gasteiger partial charge >= 0.3 is 0 Å². The molecule has 0 aliphatic rings. The summed E-state index contributed by atoms with van der Waals surface area (Å²) in [4.78, 5) is 0. The van der Waals surface area contributed by atoms with E-state index >= 15 is 0 Å². The molecule has 0 N–H and O–H groups in total. The van der Waals surface area contributed by atoms with Crippen LogP contribution in [0.4, 0.5) is 0 Å². The van der Waals surface area contributed by atoms with E-state index in [0.717, 1.165) is 12.8 Å². The molecule has 0 saturated heterocycles. The number of ether oxygens (including phenoxy) is 3. The van der Waals surface area contributed by atoms with Crippen molar-refractivity contribution in [3.05, 3.63) is 23.7 Å². The minimum atomic E-state index is 0.230. The Morgan fingerprint density at radius 3 is 1.53 bits per heavy atom. The van der Waals surface area contributed by atoms with Crippen molar-refractivity contribution in [1.29, 1.82) is 0 Å². The van der Waals surface area contributed by atoms with Gasteiger partial charge in [-0.1, -0.05) is 0 Å². The van der Waals surface area contributed by atoms with Crippen LogP contribution in [0.5, 0.6) is 0 Å². The van der Waals surface area contributed by atoms with Crippen molar-refractivity contribution in [3.63, 3.8) is 0 Å². The predicted molar refractivity (Wildman–Crippen MR) is 70.8 cm³/mol. The molecule has 3 heteroatoms. The average molecular weight is 242 g/mol. The second-order valence-electron chi connectivity index (χ2n) is 4.57. The average Bonchev–Trinajstić information content (AvgIpc) is 2.28. The number of hydrogen-bond acceptors (Lipinski definition) is 3. The topological polar surface area (TPSA) is 27.7 Å². The first-order chi connectivity index (χ1) is 7.99. The monoisotopic (exact) mass is 242 g/mol. The Kier molecular flexibility index (Phi) is 8.82. The highest BCUT2D eigenvalue weighted by molar-refractivity contribution is 4.99. The lowest BCUT2D eigenvalue weighted by Crippen LogP contribution is -2.05. The molecule has 0 aromatic rings. The first kappa shape index (κ1) is 16.2. The second kappa shape index (κ2) is 9.25. The molecule has 0 rings (SSSR count). The SMILES string of the molecule is COC(C)CC(C)=COC=C(C)CC(C)OC. The Labute approximate surface area is 105 Å². The molecule has 100 valence electrons. The van der Waals surface area contributed by atoms with Crippen LogP contribution in [-0.4, -0.2) is 26.4 Å². The van der Waals surface area contributed by atoms with Crippen LogP contribution < -0.4 is 0 Å². The summed E-state index contributed by atoms with van der Waals surface area (Å²) in [6, 6.07) is 0. The Balaban J connectivity index is 4.01. The standard InChI is InChI=1S/C14H26O3/c1-11(7-13(3)15-5)9-17-10-12(2)8-14(4)16-6/h9-10,13-14H,7-8H2,1-6H3. The normalized spacial score (nSPS) is 16.8. The van der Waals surface area contributed by atoms with Crippen molar-refractivity contribution in [3.8, 4) is 0 Å². The van der Waals surface area contributed by atoms with Crippen molar-refractivity contribution < 1.29 is 14.2 Å². The van der Waals surface area contributed by atoms with E-state index in [4.69, 9.17) is 14.2 Å². The third-order valence-corrected chi connectivity index (χ3v) is 2.56. The molecule has 0 saturated carbocycles. The Morgan fingerprint density at radius 1 is 0.882 bits per heavy atom. The molecule has 0 radical (unpaired) electrons. The van der Waals surface area contributed by atoms with Gasteiger partial charge in [0.2, 0.25) is 0 Å². The summed E-state index contributed by atoms with van der Waals surface area (Å²) in [6.45, 7) is 8.16. The van der Waals surface area contributed by atoms with Crippen LogP contribution in [0.15, 0.2) is 23.7 Å². The quantitative estimate of drug-likeness (QED) is 0.608. The van der Waals surface area contributed by atoms with Gasteiger partial charge in [0.25, 0.3) is 0 Å². The highest BCUT2D eigenvalue weighted by Crippen LogP contribution is 2.09. The second-order valence-corrected chi connectivity index (χ2v) is 4.57. The highest BCUT2D eigenvalue weighted by Gasteiger charge is 2.01. The summed E-state index contributed by atoms with van der Waals surface area (Å²) in [5.74, 6) is 0. The Hall–Kier alpha value is -0.800. The zero-order chi connectivity index (χ0) is 13.3. The van der Waals surface area contributed by atoms with Gasteiger partial charge in [0.1, 0.15) is 0 Å². The molecule has 2 unspecified atom stereocenters. The highest BCUT2D eigenvalue weighted by atomic mass is 16.5. The molecule has 17 heavy (non-hydrogen) atoms. The third-order valence-electron chi connectivity index (χ3n) is 2.56. The van der Waals surface area contributed by atoms with Crippen LogP contribution in [0.2, 0.25) is 0 Å². The minimum absolute atomic E-state index is 0.230. The van der Waals surface area contributed by atoms with Crippen molar-refractivity contribution in [2.75, 3.05) is 14.2 Å². The molecule has 2 atom stereocenters. The fraction of sp³-hybridized carbons (Fsp3) is 0.714. The molecule has 3 nitrogen and oxygen atoms in total. The number of rotatable bonds is 8. The molecule has 0 heterocycles. The molecular weight excluding hydrogens is 216 g/mol. The van der Waals surface area contributed by atoms with Crippen LogP contribution in [0.1, 0.15) is 40.5 Å². The van der Waals surface area contributed by atoms with Gasteiger partial charge in [-0.25, -0.2) is 0 Å². The Bertz CT molecular complexity index is 230. The lowest BCUT2D eigenvalue weighted by atomic mass is 10.1.